The minimum Gasteiger partial charge on any atom is -0.457 e. The Hall–Kier alpha value is -2.07. The van der Waals surface area contributed by atoms with Crippen LogP contribution in [0.3, 0.4) is 0 Å². The van der Waals surface area contributed by atoms with Crippen LogP contribution in [-0.4, -0.2) is 19.1 Å². The van der Waals surface area contributed by atoms with Crippen LogP contribution in [0.15, 0.2) is 48.5 Å². The first-order chi connectivity index (χ1) is 9.08. The highest BCUT2D eigenvalue weighted by molar-refractivity contribution is 7.80. The SMILES string of the molecule is CN(C)c1cccc(Oc2ccccc2C(N)=S)c1. The zero-order valence-corrected chi connectivity index (χ0v) is 11.8. The molecule has 0 unspecified atom stereocenters. The van der Waals surface area contributed by atoms with Crippen LogP contribution in [0.4, 0.5) is 5.69 Å². The maximum atomic E-state index is 5.87. The molecule has 0 aliphatic carbocycles. The Morgan fingerprint density at radius 3 is 2.53 bits per heavy atom. The van der Waals surface area contributed by atoms with E-state index in [1.54, 1.807) is 0 Å². The second-order valence-electron chi connectivity index (χ2n) is 4.35. The van der Waals surface area contributed by atoms with Crippen molar-refractivity contribution >= 4 is 22.9 Å². The first kappa shape index (κ1) is 13.4. The third-order valence-electron chi connectivity index (χ3n) is 2.71. The molecule has 0 fully saturated rings. The largest absolute Gasteiger partial charge is 0.457 e. The molecule has 2 aromatic rings. The normalized spacial score (nSPS) is 10.0. The van der Waals surface area contributed by atoms with Gasteiger partial charge >= 0.3 is 0 Å². The summed E-state index contributed by atoms with van der Waals surface area (Å²) in [5, 5.41) is 0. The number of thiocarbonyl (C=S) groups is 1. The van der Waals surface area contributed by atoms with Gasteiger partial charge in [0, 0.05) is 25.8 Å². The van der Waals surface area contributed by atoms with Crippen LogP contribution in [0.1, 0.15) is 5.56 Å². The van der Waals surface area contributed by atoms with Crippen LogP contribution in [0.5, 0.6) is 11.5 Å². The van der Waals surface area contributed by atoms with Crippen molar-refractivity contribution < 1.29 is 4.74 Å². The fourth-order valence-electron chi connectivity index (χ4n) is 1.71. The van der Waals surface area contributed by atoms with Gasteiger partial charge in [0.15, 0.2) is 0 Å². The van der Waals surface area contributed by atoms with Crippen LogP contribution in [0.25, 0.3) is 0 Å². The molecule has 0 aromatic heterocycles. The molecule has 0 spiro atoms. The van der Waals surface area contributed by atoms with Crippen LogP contribution < -0.4 is 15.4 Å². The lowest BCUT2D eigenvalue weighted by molar-refractivity contribution is 0.482. The topological polar surface area (TPSA) is 38.5 Å². The first-order valence-corrected chi connectivity index (χ1v) is 6.33. The van der Waals surface area contributed by atoms with E-state index in [0.29, 0.717) is 10.7 Å². The Kier molecular flexibility index (Phi) is 4.02. The highest BCUT2D eigenvalue weighted by Gasteiger charge is 2.07. The molecule has 0 amide bonds. The number of ether oxygens (including phenoxy) is 1. The average molecular weight is 272 g/mol. The average Bonchev–Trinajstić information content (AvgIpc) is 2.39. The fourth-order valence-corrected chi connectivity index (χ4v) is 1.88. The fraction of sp³-hybridized carbons (Fsp3) is 0.133. The standard InChI is InChI=1S/C15H16N2OS/c1-17(2)11-6-5-7-12(10-11)18-14-9-4-3-8-13(14)15(16)19/h3-10H,1-2H3,(H2,16,19). The van der Waals surface area contributed by atoms with Gasteiger partial charge in [-0.1, -0.05) is 30.4 Å². The first-order valence-electron chi connectivity index (χ1n) is 5.92. The van der Waals surface area contributed by atoms with Crippen molar-refractivity contribution in [3.63, 3.8) is 0 Å². The van der Waals surface area contributed by atoms with E-state index in [-0.39, 0.29) is 0 Å². The maximum absolute atomic E-state index is 5.87. The molecule has 2 N–H and O–H groups in total. The highest BCUT2D eigenvalue weighted by Crippen LogP contribution is 2.27. The van der Waals surface area contributed by atoms with Gasteiger partial charge in [0.1, 0.15) is 16.5 Å². The third kappa shape index (κ3) is 3.23. The van der Waals surface area contributed by atoms with Crippen molar-refractivity contribution in [1.29, 1.82) is 0 Å². The van der Waals surface area contributed by atoms with E-state index >= 15 is 0 Å². The van der Waals surface area contributed by atoms with E-state index in [9.17, 15) is 0 Å². The minimum atomic E-state index is 0.333. The summed E-state index contributed by atoms with van der Waals surface area (Å²) in [5.41, 5.74) is 7.51. The quantitative estimate of drug-likeness (QED) is 0.868. The van der Waals surface area contributed by atoms with Crippen molar-refractivity contribution in [1.82, 2.24) is 0 Å². The van der Waals surface area contributed by atoms with Crippen molar-refractivity contribution in [3.8, 4) is 11.5 Å². The van der Waals surface area contributed by atoms with Crippen LogP contribution in [0, 0.1) is 0 Å². The number of hydrogen-bond donors (Lipinski definition) is 1. The molecule has 0 bridgehead atoms. The summed E-state index contributed by atoms with van der Waals surface area (Å²) in [6, 6.07) is 15.3. The maximum Gasteiger partial charge on any atom is 0.137 e. The summed E-state index contributed by atoms with van der Waals surface area (Å²) < 4.78 is 5.87. The number of para-hydroxylation sites is 1. The molecule has 0 atom stereocenters. The summed E-state index contributed by atoms with van der Waals surface area (Å²) in [6.07, 6.45) is 0. The second kappa shape index (κ2) is 5.71. The number of nitrogens with zero attached hydrogens (tertiary/aromatic N) is 1. The van der Waals surface area contributed by atoms with E-state index in [2.05, 4.69) is 0 Å². The van der Waals surface area contributed by atoms with Crippen LogP contribution in [0.2, 0.25) is 0 Å². The number of nitrogens with two attached hydrogens (primary N) is 1. The zero-order valence-electron chi connectivity index (χ0n) is 11.0. The number of hydrogen-bond acceptors (Lipinski definition) is 3. The Balaban J connectivity index is 2.31. The molecular weight excluding hydrogens is 256 g/mol. The van der Waals surface area contributed by atoms with Gasteiger partial charge in [-0.2, -0.15) is 0 Å². The smallest absolute Gasteiger partial charge is 0.137 e. The summed E-state index contributed by atoms with van der Waals surface area (Å²) in [7, 11) is 3.98. The summed E-state index contributed by atoms with van der Waals surface area (Å²) >= 11 is 5.02. The van der Waals surface area contributed by atoms with Gasteiger partial charge < -0.3 is 15.4 Å². The van der Waals surface area contributed by atoms with Gasteiger partial charge in [0.25, 0.3) is 0 Å². The lowest BCUT2D eigenvalue weighted by Gasteiger charge is -2.15. The predicted octanol–water partition coefficient (Wildman–Crippen LogP) is 3.18. The minimum absolute atomic E-state index is 0.333. The van der Waals surface area contributed by atoms with Gasteiger partial charge in [0.05, 0.1) is 5.56 Å². The van der Waals surface area contributed by atoms with Gasteiger partial charge in [0.2, 0.25) is 0 Å². The van der Waals surface area contributed by atoms with E-state index in [4.69, 9.17) is 22.7 Å². The highest BCUT2D eigenvalue weighted by atomic mass is 32.1. The Morgan fingerprint density at radius 1 is 1.11 bits per heavy atom. The molecule has 0 radical (unpaired) electrons. The molecule has 2 rings (SSSR count). The molecule has 0 saturated carbocycles. The van der Waals surface area contributed by atoms with Crippen molar-refractivity contribution in [2.24, 2.45) is 5.73 Å². The molecule has 2 aromatic carbocycles. The summed E-state index contributed by atoms with van der Waals surface area (Å²) in [6.45, 7) is 0. The summed E-state index contributed by atoms with van der Waals surface area (Å²) in [4.78, 5) is 2.35. The molecule has 0 aliphatic heterocycles. The third-order valence-corrected chi connectivity index (χ3v) is 2.93. The Bertz CT molecular complexity index is 596. The predicted molar refractivity (Wildman–Crippen MR) is 83.2 cm³/mol. The van der Waals surface area contributed by atoms with Crippen molar-refractivity contribution in [3.05, 3.63) is 54.1 Å². The lowest BCUT2D eigenvalue weighted by Crippen LogP contribution is -2.11. The number of benzene rings is 2. The number of anilines is 1. The molecule has 3 nitrogen and oxygen atoms in total. The lowest BCUT2D eigenvalue weighted by atomic mass is 10.2. The molecule has 19 heavy (non-hydrogen) atoms. The van der Waals surface area contributed by atoms with Crippen molar-refractivity contribution in [2.45, 2.75) is 0 Å². The summed E-state index contributed by atoms with van der Waals surface area (Å²) in [5.74, 6) is 1.43. The van der Waals surface area contributed by atoms with Gasteiger partial charge in [-0.3, -0.25) is 0 Å². The van der Waals surface area contributed by atoms with E-state index < -0.39 is 0 Å². The second-order valence-corrected chi connectivity index (χ2v) is 4.79. The Labute approximate surface area is 118 Å². The van der Waals surface area contributed by atoms with Gasteiger partial charge in [-0.25, -0.2) is 0 Å². The van der Waals surface area contributed by atoms with E-state index in [0.717, 1.165) is 17.0 Å². The monoisotopic (exact) mass is 272 g/mol. The molecule has 4 heteroatoms. The van der Waals surface area contributed by atoms with Gasteiger partial charge in [-0.05, 0) is 24.3 Å². The van der Waals surface area contributed by atoms with Gasteiger partial charge in [-0.15, -0.1) is 0 Å². The molecule has 0 heterocycles. The molecule has 98 valence electrons. The van der Waals surface area contributed by atoms with E-state index in [1.807, 2.05) is 67.5 Å². The van der Waals surface area contributed by atoms with Crippen LogP contribution >= 0.6 is 12.2 Å². The Morgan fingerprint density at radius 2 is 1.84 bits per heavy atom. The number of rotatable bonds is 4. The van der Waals surface area contributed by atoms with E-state index in [1.165, 1.54) is 0 Å². The molecule has 0 aliphatic rings. The van der Waals surface area contributed by atoms with Crippen molar-refractivity contribution in [2.75, 3.05) is 19.0 Å². The van der Waals surface area contributed by atoms with Crippen LogP contribution in [-0.2, 0) is 0 Å². The molecule has 0 saturated heterocycles. The zero-order chi connectivity index (χ0) is 13.8. The molecular formula is C15H16N2OS.